The molecular formula is C28H33ClFN5O. The summed E-state index contributed by atoms with van der Waals surface area (Å²) in [6.45, 7) is 3.32. The number of nitrogens with one attached hydrogen (secondary N) is 1. The van der Waals surface area contributed by atoms with Crippen molar-refractivity contribution in [1.29, 1.82) is 0 Å². The van der Waals surface area contributed by atoms with Crippen LogP contribution in [0.15, 0.2) is 36.8 Å². The summed E-state index contributed by atoms with van der Waals surface area (Å²) in [4.78, 5) is 19.9. The number of rotatable bonds is 6. The van der Waals surface area contributed by atoms with E-state index in [4.69, 9.17) is 11.6 Å². The normalized spacial score (nSPS) is 28.7. The summed E-state index contributed by atoms with van der Waals surface area (Å²) >= 11 is 6.71. The molecule has 0 radical (unpaired) electrons. The van der Waals surface area contributed by atoms with E-state index in [1.807, 2.05) is 31.6 Å². The van der Waals surface area contributed by atoms with Crippen LogP contribution in [0.4, 0.5) is 10.2 Å². The first-order valence-electron chi connectivity index (χ1n) is 13.2. The Morgan fingerprint density at radius 1 is 1.14 bits per heavy atom. The number of aromatic nitrogens is 3. The fraction of sp³-hybridized carbons (Fsp3) is 0.536. The quantitative estimate of drug-likeness (QED) is 0.464. The summed E-state index contributed by atoms with van der Waals surface area (Å²) in [7, 11) is 1.90. The van der Waals surface area contributed by atoms with Crippen molar-refractivity contribution in [2.45, 2.75) is 63.1 Å². The molecule has 3 fully saturated rings. The Morgan fingerprint density at radius 3 is 2.58 bits per heavy atom. The van der Waals surface area contributed by atoms with Crippen molar-refractivity contribution >= 4 is 34.1 Å². The number of carbonyl (C=O) groups is 1. The maximum atomic E-state index is 13.3. The van der Waals surface area contributed by atoms with Gasteiger partial charge in [-0.2, -0.15) is 5.10 Å². The molecule has 2 aromatic heterocycles. The zero-order chi connectivity index (χ0) is 25.0. The van der Waals surface area contributed by atoms with Crippen LogP contribution < -0.4 is 5.32 Å². The molecule has 3 unspecified atom stereocenters. The minimum absolute atomic E-state index is 0.0246. The number of amides is 1. The molecule has 1 aliphatic heterocycles. The van der Waals surface area contributed by atoms with E-state index in [9.17, 15) is 9.18 Å². The number of anilines is 1. The van der Waals surface area contributed by atoms with Gasteiger partial charge in [0.2, 0.25) is 5.91 Å². The van der Waals surface area contributed by atoms with Gasteiger partial charge in [-0.15, -0.1) is 0 Å². The molecule has 1 amide bonds. The molecule has 8 heteroatoms. The van der Waals surface area contributed by atoms with E-state index in [-0.39, 0.29) is 17.7 Å². The van der Waals surface area contributed by atoms with Crippen LogP contribution in [0.1, 0.15) is 62.0 Å². The number of nitrogens with zero attached hydrogens (tertiary/aromatic N) is 4. The second-order valence-corrected chi connectivity index (χ2v) is 11.3. The van der Waals surface area contributed by atoms with Gasteiger partial charge >= 0.3 is 0 Å². The third-order valence-electron chi connectivity index (χ3n) is 8.66. The molecule has 2 saturated carbocycles. The summed E-state index contributed by atoms with van der Waals surface area (Å²) in [6, 6.07) is 6.63. The third kappa shape index (κ3) is 4.41. The Balaban J connectivity index is 1.16. The van der Waals surface area contributed by atoms with Gasteiger partial charge in [0.1, 0.15) is 12.0 Å². The Kier molecular flexibility index (Phi) is 6.24. The van der Waals surface area contributed by atoms with Crippen LogP contribution >= 0.6 is 11.6 Å². The number of aryl methyl sites for hydroxylation is 1. The molecule has 3 atom stereocenters. The van der Waals surface area contributed by atoms with Crippen molar-refractivity contribution in [1.82, 2.24) is 19.7 Å². The lowest BCUT2D eigenvalue weighted by Crippen LogP contribution is -2.54. The zero-order valence-electron chi connectivity index (χ0n) is 20.8. The summed E-state index contributed by atoms with van der Waals surface area (Å²) in [5, 5.41) is 10.1. The molecule has 0 bridgehead atoms. The van der Waals surface area contributed by atoms with Crippen molar-refractivity contribution in [2.75, 3.05) is 18.4 Å². The van der Waals surface area contributed by atoms with Crippen LogP contribution in [-0.4, -0.2) is 50.9 Å². The van der Waals surface area contributed by atoms with Crippen LogP contribution in [-0.2, 0) is 11.8 Å². The Hall–Kier alpha value is -2.51. The van der Waals surface area contributed by atoms with Crippen LogP contribution in [0, 0.1) is 11.8 Å². The van der Waals surface area contributed by atoms with Crippen molar-refractivity contribution in [2.24, 2.45) is 18.9 Å². The Morgan fingerprint density at radius 2 is 1.92 bits per heavy atom. The molecule has 2 aliphatic carbocycles. The average Bonchev–Trinajstić information content (AvgIpc) is 3.44. The fourth-order valence-corrected chi connectivity index (χ4v) is 6.91. The predicted molar refractivity (Wildman–Crippen MR) is 140 cm³/mol. The number of alkyl halides is 1. The van der Waals surface area contributed by atoms with Crippen molar-refractivity contribution in [3.8, 4) is 0 Å². The lowest BCUT2D eigenvalue weighted by atomic mass is 9.80. The monoisotopic (exact) mass is 509 g/mol. The molecule has 3 aromatic rings. The smallest absolute Gasteiger partial charge is 0.229 e. The highest BCUT2D eigenvalue weighted by Gasteiger charge is 2.54. The summed E-state index contributed by atoms with van der Waals surface area (Å²) in [6.07, 6.45) is 10.3. The number of hydrogen-bond donors (Lipinski definition) is 1. The molecule has 6 rings (SSSR count). The SMILES string of the molecule is CCC1C(C(=O)Nc2cc3cc(C4CCC(N5CC(F)C5)CC4)c(Cl)cc3cn2)C1c1cnn(C)c1. The van der Waals surface area contributed by atoms with Gasteiger partial charge in [0.15, 0.2) is 0 Å². The summed E-state index contributed by atoms with van der Waals surface area (Å²) < 4.78 is 15.1. The molecule has 36 heavy (non-hydrogen) atoms. The maximum Gasteiger partial charge on any atom is 0.229 e. The van der Waals surface area contributed by atoms with E-state index in [1.165, 1.54) is 5.56 Å². The first-order chi connectivity index (χ1) is 17.4. The van der Waals surface area contributed by atoms with E-state index in [0.29, 0.717) is 36.8 Å². The van der Waals surface area contributed by atoms with Crippen molar-refractivity contribution in [3.05, 3.63) is 52.9 Å². The number of pyridine rings is 1. The van der Waals surface area contributed by atoms with Crippen LogP contribution in [0.25, 0.3) is 10.8 Å². The Labute approximate surface area is 216 Å². The standard InChI is InChI=1S/C28H33ClFN5O/c1-3-22-26(19-12-32-34(2)13-19)27(22)28(36)33-25-10-17-8-23(24(29)9-18(17)11-31-25)16-4-6-21(7-5-16)35-14-20(30)15-35/h8-13,16,20-22,26-27H,3-7,14-15H2,1-2H3,(H,31,33,36). The zero-order valence-corrected chi connectivity index (χ0v) is 21.6. The highest BCUT2D eigenvalue weighted by molar-refractivity contribution is 6.32. The number of halogens is 2. The molecule has 3 aliphatic rings. The van der Waals surface area contributed by atoms with Gasteiger partial charge in [-0.25, -0.2) is 9.37 Å². The predicted octanol–water partition coefficient (Wildman–Crippen LogP) is 5.68. The minimum atomic E-state index is -0.644. The first-order valence-corrected chi connectivity index (χ1v) is 13.6. The van der Waals surface area contributed by atoms with Gasteiger partial charge < -0.3 is 5.32 Å². The average molecular weight is 510 g/mol. The highest BCUT2D eigenvalue weighted by atomic mass is 35.5. The minimum Gasteiger partial charge on any atom is -0.310 e. The maximum absolute atomic E-state index is 13.3. The molecule has 3 heterocycles. The largest absolute Gasteiger partial charge is 0.310 e. The number of likely N-dealkylation sites (tertiary alicyclic amines) is 1. The summed E-state index contributed by atoms with van der Waals surface area (Å²) in [5.74, 6) is 1.51. The van der Waals surface area contributed by atoms with E-state index in [2.05, 4.69) is 33.3 Å². The lowest BCUT2D eigenvalue weighted by Gasteiger charge is -2.43. The molecule has 1 saturated heterocycles. The second kappa shape index (κ2) is 9.42. The van der Waals surface area contributed by atoms with Crippen LogP contribution in [0.2, 0.25) is 5.02 Å². The van der Waals surface area contributed by atoms with Crippen molar-refractivity contribution < 1.29 is 9.18 Å². The highest BCUT2D eigenvalue weighted by Crippen LogP contribution is 2.56. The fourth-order valence-electron chi connectivity index (χ4n) is 6.59. The van der Waals surface area contributed by atoms with Crippen molar-refractivity contribution in [3.63, 3.8) is 0 Å². The summed E-state index contributed by atoms with van der Waals surface area (Å²) in [5.41, 5.74) is 2.30. The molecule has 6 nitrogen and oxygen atoms in total. The van der Waals surface area contributed by atoms with Gasteiger partial charge in [-0.1, -0.05) is 24.9 Å². The number of fused-ring (bicyclic) bond motifs is 1. The van der Waals surface area contributed by atoms with Gasteiger partial charge in [-0.3, -0.25) is 14.4 Å². The molecule has 0 spiro atoms. The molecule has 190 valence electrons. The third-order valence-corrected chi connectivity index (χ3v) is 8.99. The number of carbonyl (C=O) groups excluding carboxylic acids is 1. The van der Waals surface area contributed by atoms with Gasteiger partial charge in [0.25, 0.3) is 0 Å². The van der Waals surface area contributed by atoms with Crippen LogP contribution in [0.5, 0.6) is 0 Å². The number of hydrogen-bond acceptors (Lipinski definition) is 4. The van der Waals surface area contributed by atoms with Gasteiger partial charge in [0.05, 0.1) is 6.20 Å². The molecule has 1 N–H and O–H groups in total. The molecule has 1 aromatic carbocycles. The van der Waals surface area contributed by atoms with Crippen LogP contribution in [0.3, 0.4) is 0 Å². The second-order valence-electron chi connectivity index (χ2n) is 10.9. The van der Waals surface area contributed by atoms with E-state index in [0.717, 1.165) is 53.5 Å². The van der Waals surface area contributed by atoms with E-state index >= 15 is 0 Å². The van der Waals surface area contributed by atoms with Gasteiger partial charge in [0, 0.05) is 60.8 Å². The topological polar surface area (TPSA) is 63.1 Å². The number of benzene rings is 1. The first kappa shape index (κ1) is 23.9. The molecular weight excluding hydrogens is 477 g/mol. The van der Waals surface area contributed by atoms with Gasteiger partial charge in [-0.05, 0) is 72.2 Å². The lowest BCUT2D eigenvalue weighted by molar-refractivity contribution is -0.117. The van der Waals surface area contributed by atoms with E-state index < -0.39 is 6.17 Å². The van der Waals surface area contributed by atoms with E-state index in [1.54, 1.807) is 10.9 Å². The Bertz CT molecular complexity index is 1280.